The van der Waals surface area contributed by atoms with Gasteiger partial charge >= 0.3 is 0 Å². The third-order valence-corrected chi connectivity index (χ3v) is 4.64. The predicted molar refractivity (Wildman–Crippen MR) is 102 cm³/mol. The van der Waals surface area contributed by atoms with Crippen LogP contribution in [0.5, 0.6) is 11.6 Å². The van der Waals surface area contributed by atoms with Gasteiger partial charge in [-0.15, -0.1) is 11.3 Å². The molecule has 7 heteroatoms. The van der Waals surface area contributed by atoms with Gasteiger partial charge in [-0.25, -0.2) is 9.55 Å². The van der Waals surface area contributed by atoms with Gasteiger partial charge in [-0.1, -0.05) is 24.3 Å². The van der Waals surface area contributed by atoms with E-state index in [1.165, 1.54) is 28.2 Å². The summed E-state index contributed by atoms with van der Waals surface area (Å²) < 4.78 is 1.18. The minimum Gasteiger partial charge on any atom is -0.508 e. The van der Waals surface area contributed by atoms with E-state index in [2.05, 4.69) is 9.98 Å². The maximum absolute atomic E-state index is 12.8. The quantitative estimate of drug-likeness (QED) is 0.544. The lowest BCUT2D eigenvalue weighted by Gasteiger charge is -2.11. The van der Waals surface area contributed by atoms with Gasteiger partial charge < -0.3 is 10.2 Å². The largest absolute Gasteiger partial charge is 0.508 e. The first-order valence-electron chi connectivity index (χ1n) is 7.75. The molecule has 0 saturated carbocycles. The summed E-state index contributed by atoms with van der Waals surface area (Å²) in [6, 6.07) is 13.5. The van der Waals surface area contributed by atoms with E-state index in [-0.39, 0.29) is 17.2 Å². The van der Waals surface area contributed by atoms with Gasteiger partial charge in [-0.3, -0.25) is 9.79 Å². The Labute approximate surface area is 152 Å². The van der Waals surface area contributed by atoms with E-state index in [0.717, 1.165) is 0 Å². The fourth-order valence-corrected chi connectivity index (χ4v) is 3.35. The average molecular weight is 363 g/mol. The first-order valence-corrected chi connectivity index (χ1v) is 8.63. The molecule has 0 radical (unpaired) electrons. The highest BCUT2D eigenvalue weighted by Gasteiger charge is 2.17. The molecule has 0 amide bonds. The van der Waals surface area contributed by atoms with Crippen molar-refractivity contribution >= 4 is 34.0 Å². The summed E-state index contributed by atoms with van der Waals surface area (Å²) in [6.07, 6.45) is 3.05. The minimum absolute atomic E-state index is 0.0986. The molecule has 4 rings (SSSR count). The van der Waals surface area contributed by atoms with E-state index >= 15 is 0 Å². The average Bonchev–Trinajstić information content (AvgIpc) is 3.16. The normalized spacial score (nSPS) is 11.4. The topological polar surface area (TPSA) is 87.7 Å². The number of thiazole rings is 1. The predicted octanol–water partition coefficient (Wildman–Crippen LogP) is 3.61. The van der Waals surface area contributed by atoms with Crippen molar-refractivity contribution in [1.29, 1.82) is 0 Å². The van der Waals surface area contributed by atoms with Crippen LogP contribution in [0.4, 0.5) is 5.69 Å². The SMILES string of the molecule is O=c1c2ccccc2c(C=Nc2cccc(O)c2)c(O)n1-c1nccs1. The summed E-state index contributed by atoms with van der Waals surface area (Å²) in [5.74, 6) is -0.131. The number of nitrogens with zero attached hydrogens (tertiary/aromatic N) is 3. The van der Waals surface area contributed by atoms with E-state index in [1.807, 2.05) is 0 Å². The summed E-state index contributed by atoms with van der Waals surface area (Å²) in [6.45, 7) is 0. The van der Waals surface area contributed by atoms with Gasteiger partial charge in [0.1, 0.15) is 5.75 Å². The fraction of sp³-hybridized carbons (Fsp3) is 0. The maximum Gasteiger partial charge on any atom is 0.267 e. The molecule has 2 aromatic heterocycles. The number of benzene rings is 2. The highest BCUT2D eigenvalue weighted by molar-refractivity contribution is 7.12. The van der Waals surface area contributed by atoms with Gasteiger partial charge in [0.2, 0.25) is 5.88 Å². The standard InChI is InChI=1S/C19H13N3O3S/c23-13-5-3-4-12(10-13)21-11-16-14-6-1-2-7-15(14)17(24)22(18(16)25)19-20-8-9-26-19/h1-11,23,25H. The Balaban J connectivity index is 1.98. The Bertz CT molecular complexity index is 1180. The van der Waals surface area contributed by atoms with Gasteiger partial charge in [0, 0.05) is 34.6 Å². The van der Waals surface area contributed by atoms with Crippen LogP contribution in [0.1, 0.15) is 5.56 Å². The summed E-state index contributed by atoms with van der Waals surface area (Å²) in [7, 11) is 0. The molecule has 0 atom stereocenters. The van der Waals surface area contributed by atoms with Crippen molar-refractivity contribution in [3.05, 3.63) is 76.0 Å². The van der Waals surface area contributed by atoms with Crippen LogP contribution in [-0.4, -0.2) is 26.0 Å². The van der Waals surface area contributed by atoms with Crippen LogP contribution in [0.2, 0.25) is 0 Å². The van der Waals surface area contributed by atoms with Crippen LogP contribution in [0.3, 0.4) is 0 Å². The summed E-state index contributed by atoms with van der Waals surface area (Å²) >= 11 is 1.25. The molecular weight excluding hydrogens is 350 g/mol. The van der Waals surface area contributed by atoms with E-state index in [1.54, 1.807) is 54.0 Å². The summed E-state index contributed by atoms with van der Waals surface area (Å²) in [5, 5.41) is 23.5. The van der Waals surface area contributed by atoms with E-state index in [9.17, 15) is 15.0 Å². The first-order chi connectivity index (χ1) is 12.6. The highest BCUT2D eigenvalue weighted by Crippen LogP contribution is 2.27. The van der Waals surface area contributed by atoms with E-state index in [0.29, 0.717) is 27.2 Å². The van der Waals surface area contributed by atoms with Crippen LogP contribution < -0.4 is 5.56 Å². The molecule has 4 aromatic rings. The zero-order valence-corrected chi connectivity index (χ0v) is 14.2. The minimum atomic E-state index is -0.345. The number of pyridine rings is 1. The number of aromatic hydroxyl groups is 2. The molecule has 2 aromatic carbocycles. The first kappa shape index (κ1) is 16.0. The number of rotatable bonds is 3. The van der Waals surface area contributed by atoms with Crippen molar-refractivity contribution in [2.75, 3.05) is 0 Å². The van der Waals surface area contributed by atoms with Gasteiger partial charge in [-0.05, 0) is 18.2 Å². The summed E-state index contributed by atoms with van der Waals surface area (Å²) in [5.41, 5.74) is 0.585. The van der Waals surface area contributed by atoms with Crippen molar-refractivity contribution in [3.63, 3.8) is 0 Å². The zero-order valence-electron chi connectivity index (χ0n) is 13.4. The molecule has 0 spiro atoms. The van der Waals surface area contributed by atoms with Crippen molar-refractivity contribution in [3.8, 4) is 16.8 Å². The molecule has 0 fully saturated rings. The monoisotopic (exact) mass is 363 g/mol. The summed E-state index contributed by atoms with van der Waals surface area (Å²) in [4.78, 5) is 21.3. The third-order valence-electron chi connectivity index (χ3n) is 3.89. The fourth-order valence-electron chi connectivity index (χ4n) is 2.71. The molecule has 0 unspecified atom stereocenters. The molecule has 0 bridgehead atoms. The lowest BCUT2D eigenvalue weighted by molar-refractivity contribution is 0.436. The van der Waals surface area contributed by atoms with Crippen molar-refractivity contribution in [2.24, 2.45) is 4.99 Å². The number of hydrogen-bond acceptors (Lipinski definition) is 6. The number of fused-ring (bicyclic) bond motifs is 1. The number of phenolic OH excluding ortho intramolecular Hbond substituents is 1. The van der Waals surface area contributed by atoms with E-state index < -0.39 is 0 Å². The Kier molecular flexibility index (Phi) is 3.98. The molecule has 2 heterocycles. The Hall–Kier alpha value is -3.45. The van der Waals surface area contributed by atoms with Crippen LogP contribution in [0.15, 0.2) is 69.9 Å². The molecule has 128 valence electrons. The second-order valence-corrected chi connectivity index (χ2v) is 6.39. The molecular formula is C19H13N3O3S. The Morgan fingerprint density at radius 3 is 2.62 bits per heavy atom. The molecule has 26 heavy (non-hydrogen) atoms. The van der Waals surface area contributed by atoms with Gasteiger partial charge in [0.15, 0.2) is 5.13 Å². The van der Waals surface area contributed by atoms with Crippen LogP contribution in [-0.2, 0) is 0 Å². The third kappa shape index (κ3) is 2.74. The number of hydrogen-bond donors (Lipinski definition) is 2. The maximum atomic E-state index is 12.8. The molecule has 2 N–H and O–H groups in total. The number of aromatic nitrogens is 2. The van der Waals surface area contributed by atoms with Crippen LogP contribution in [0, 0.1) is 0 Å². The van der Waals surface area contributed by atoms with Crippen molar-refractivity contribution in [1.82, 2.24) is 9.55 Å². The molecule has 6 nitrogen and oxygen atoms in total. The number of aliphatic imine (C=N–C) groups is 1. The van der Waals surface area contributed by atoms with Crippen molar-refractivity contribution < 1.29 is 10.2 Å². The van der Waals surface area contributed by atoms with Crippen LogP contribution >= 0.6 is 11.3 Å². The van der Waals surface area contributed by atoms with Crippen molar-refractivity contribution in [2.45, 2.75) is 0 Å². The molecule has 0 aliphatic rings. The number of phenols is 1. The lowest BCUT2D eigenvalue weighted by Crippen LogP contribution is -2.19. The second kappa shape index (κ2) is 6.45. The van der Waals surface area contributed by atoms with Gasteiger partial charge in [0.25, 0.3) is 5.56 Å². The Morgan fingerprint density at radius 1 is 1.08 bits per heavy atom. The molecule has 0 saturated heterocycles. The zero-order chi connectivity index (χ0) is 18.1. The van der Waals surface area contributed by atoms with Gasteiger partial charge in [-0.2, -0.15) is 0 Å². The Morgan fingerprint density at radius 2 is 1.88 bits per heavy atom. The van der Waals surface area contributed by atoms with Gasteiger partial charge in [0.05, 0.1) is 11.3 Å². The molecule has 0 aliphatic carbocycles. The van der Waals surface area contributed by atoms with Crippen LogP contribution in [0.25, 0.3) is 15.9 Å². The molecule has 0 aliphatic heterocycles. The lowest BCUT2D eigenvalue weighted by atomic mass is 10.1. The van der Waals surface area contributed by atoms with E-state index in [4.69, 9.17) is 0 Å². The smallest absolute Gasteiger partial charge is 0.267 e. The second-order valence-electron chi connectivity index (χ2n) is 5.52. The highest BCUT2D eigenvalue weighted by atomic mass is 32.1.